The second-order valence-corrected chi connectivity index (χ2v) is 9.84. The molecule has 0 amide bonds. The average Bonchev–Trinajstić information content (AvgIpc) is 3.35. The van der Waals surface area contributed by atoms with Crippen molar-refractivity contribution in [1.29, 1.82) is 0 Å². The molecular weight excluding hydrogens is 502 g/mol. The summed E-state index contributed by atoms with van der Waals surface area (Å²) in [5.74, 6) is 1.55. The Morgan fingerprint density at radius 2 is 1.48 bits per heavy atom. The third-order valence-corrected chi connectivity index (χ3v) is 6.72. The maximum atomic E-state index is 12.0. The lowest BCUT2D eigenvalue weighted by molar-refractivity contribution is -0.153. The third kappa shape index (κ3) is 6.41. The molecule has 1 aromatic heterocycles. The highest BCUT2D eigenvalue weighted by atomic mass is 16.5. The van der Waals surface area contributed by atoms with Crippen molar-refractivity contribution in [3.8, 4) is 34.1 Å². The van der Waals surface area contributed by atoms with Gasteiger partial charge in [0.2, 0.25) is 11.5 Å². The number of para-hydroxylation sites is 1. The van der Waals surface area contributed by atoms with Crippen LogP contribution in [-0.4, -0.2) is 28.3 Å². The quantitative estimate of drug-likeness (QED) is 0.190. The molecule has 6 nitrogen and oxygen atoms in total. The fourth-order valence-corrected chi connectivity index (χ4v) is 4.51. The van der Waals surface area contributed by atoms with Gasteiger partial charge < -0.3 is 19.0 Å². The molecule has 0 saturated heterocycles. The molecule has 1 N–H and O–H groups in total. The first kappa shape index (κ1) is 26.8. The molecule has 1 atom stereocenters. The molecule has 0 bridgehead atoms. The normalized spacial score (nSPS) is 12.4. The van der Waals surface area contributed by atoms with E-state index in [0.717, 1.165) is 33.7 Å². The zero-order valence-electron chi connectivity index (χ0n) is 22.5. The summed E-state index contributed by atoms with van der Waals surface area (Å²) in [6, 6.07) is 34.8. The monoisotopic (exact) mass is 533 g/mol. The van der Waals surface area contributed by atoms with E-state index in [2.05, 4.69) is 24.3 Å². The molecule has 5 rings (SSSR count). The number of aromatic nitrogens is 1. The molecule has 1 unspecified atom stereocenters. The van der Waals surface area contributed by atoms with Crippen molar-refractivity contribution >= 4 is 5.97 Å². The van der Waals surface area contributed by atoms with Crippen LogP contribution < -0.4 is 9.47 Å². The van der Waals surface area contributed by atoms with Crippen LogP contribution in [0.4, 0.5) is 0 Å². The highest BCUT2D eigenvalue weighted by Crippen LogP contribution is 2.28. The van der Waals surface area contributed by atoms with Gasteiger partial charge in [-0.3, -0.25) is 0 Å². The zero-order valence-corrected chi connectivity index (χ0v) is 22.5. The fraction of sp³-hybridized carbons (Fsp3) is 0.176. The first-order chi connectivity index (χ1) is 19.4. The second kappa shape index (κ2) is 11.9. The first-order valence-electron chi connectivity index (χ1n) is 13.2. The maximum Gasteiger partial charge on any atom is 0.348 e. The molecule has 5 aromatic rings. The van der Waals surface area contributed by atoms with Crippen molar-refractivity contribution in [3.05, 3.63) is 126 Å². The lowest BCUT2D eigenvalue weighted by atomic mass is 9.96. The van der Waals surface area contributed by atoms with E-state index in [0.29, 0.717) is 30.4 Å². The predicted octanol–water partition coefficient (Wildman–Crippen LogP) is 7.40. The van der Waals surface area contributed by atoms with Crippen LogP contribution in [0.1, 0.15) is 23.9 Å². The molecule has 0 fully saturated rings. The molecule has 0 radical (unpaired) electrons. The topological polar surface area (TPSA) is 81.8 Å². The number of carboxylic acid groups (broad SMARTS) is 1. The standard InChI is InChI=1S/C34H31NO5/c1-24-31(35-32(39-24)28-13-9-12-27(22-28)26-10-5-3-6-11-26)20-21-38-29-18-16-25(17-19-29)23-34(2,33(36)37)40-30-14-7-4-8-15-30/h3-19,22H,20-21,23H2,1-2H3,(H,36,37). The molecule has 6 heteroatoms. The second-order valence-electron chi connectivity index (χ2n) is 9.84. The summed E-state index contributed by atoms with van der Waals surface area (Å²) < 4.78 is 17.8. The molecule has 1 heterocycles. The van der Waals surface area contributed by atoms with Crippen molar-refractivity contribution in [2.45, 2.75) is 32.3 Å². The van der Waals surface area contributed by atoms with Crippen LogP contribution in [-0.2, 0) is 17.6 Å². The molecule has 0 aliphatic heterocycles. The molecule has 40 heavy (non-hydrogen) atoms. The van der Waals surface area contributed by atoms with E-state index >= 15 is 0 Å². The minimum Gasteiger partial charge on any atom is -0.493 e. The molecular formula is C34H31NO5. The van der Waals surface area contributed by atoms with Crippen molar-refractivity contribution in [1.82, 2.24) is 4.98 Å². The molecule has 202 valence electrons. The number of nitrogens with zero attached hydrogens (tertiary/aromatic N) is 1. The molecule has 0 aliphatic rings. The molecule has 0 saturated carbocycles. The first-order valence-corrected chi connectivity index (χ1v) is 13.2. The van der Waals surface area contributed by atoms with Gasteiger partial charge in [-0.2, -0.15) is 0 Å². The van der Waals surface area contributed by atoms with E-state index in [-0.39, 0.29) is 6.42 Å². The maximum absolute atomic E-state index is 12.0. The fourth-order valence-electron chi connectivity index (χ4n) is 4.51. The Hall–Kier alpha value is -4.84. The SMILES string of the molecule is Cc1oc(-c2cccc(-c3ccccc3)c2)nc1CCOc1ccc(CC(C)(Oc2ccccc2)C(=O)O)cc1. The van der Waals surface area contributed by atoms with Crippen LogP contribution in [0.25, 0.3) is 22.6 Å². The Bertz CT molecular complexity index is 1560. The summed E-state index contributed by atoms with van der Waals surface area (Å²) >= 11 is 0. The lowest BCUT2D eigenvalue weighted by Crippen LogP contribution is -2.43. The number of oxazole rings is 1. The van der Waals surface area contributed by atoms with Crippen LogP contribution in [0, 0.1) is 6.92 Å². The number of aryl methyl sites for hydroxylation is 1. The van der Waals surface area contributed by atoms with E-state index in [9.17, 15) is 9.90 Å². The van der Waals surface area contributed by atoms with Crippen LogP contribution >= 0.6 is 0 Å². The number of ether oxygens (including phenoxy) is 2. The largest absolute Gasteiger partial charge is 0.493 e. The van der Waals surface area contributed by atoms with Gasteiger partial charge in [-0.15, -0.1) is 0 Å². The van der Waals surface area contributed by atoms with Crippen molar-refractivity contribution < 1.29 is 23.8 Å². The lowest BCUT2D eigenvalue weighted by Gasteiger charge is -2.26. The smallest absolute Gasteiger partial charge is 0.348 e. The number of hydrogen-bond acceptors (Lipinski definition) is 5. The van der Waals surface area contributed by atoms with Crippen molar-refractivity contribution in [3.63, 3.8) is 0 Å². The number of carbonyl (C=O) groups is 1. The number of rotatable bonds is 11. The van der Waals surface area contributed by atoms with Crippen molar-refractivity contribution in [2.24, 2.45) is 0 Å². The van der Waals surface area contributed by atoms with Crippen LogP contribution in [0.15, 0.2) is 114 Å². The molecule has 4 aromatic carbocycles. The predicted molar refractivity (Wildman–Crippen MR) is 155 cm³/mol. The summed E-state index contributed by atoms with van der Waals surface area (Å²) in [7, 11) is 0. The van der Waals surface area contributed by atoms with Gasteiger partial charge in [-0.05, 0) is 66.9 Å². The van der Waals surface area contributed by atoms with Crippen LogP contribution in [0.5, 0.6) is 11.5 Å². The summed E-state index contributed by atoms with van der Waals surface area (Å²) in [5.41, 5.74) is 3.47. The van der Waals surface area contributed by atoms with Gasteiger partial charge >= 0.3 is 5.97 Å². The Morgan fingerprint density at radius 1 is 0.825 bits per heavy atom. The highest BCUT2D eigenvalue weighted by Gasteiger charge is 2.36. The van der Waals surface area contributed by atoms with E-state index in [1.165, 1.54) is 0 Å². The van der Waals surface area contributed by atoms with E-state index in [1.54, 1.807) is 19.1 Å². The number of carboxylic acids is 1. The molecule has 0 spiro atoms. The van der Waals surface area contributed by atoms with Crippen LogP contribution in [0.2, 0.25) is 0 Å². The van der Waals surface area contributed by atoms with Gasteiger partial charge in [-0.25, -0.2) is 9.78 Å². The number of hydrogen-bond donors (Lipinski definition) is 1. The van der Waals surface area contributed by atoms with Crippen LogP contribution in [0.3, 0.4) is 0 Å². The number of benzene rings is 4. The summed E-state index contributed by atoms with van der Waals surface area (Å²) in [4.78, 5) is 16.7. The van der Waals surface area contributed by atoms with Gasteiger partial charge in [-0.1, -0.05) is 72.8 Å². The van der Waals surface area contributed by atoms with E-state index < -0.39 is 11.6 Å². The minimum absolute atomic E-state index is 0.212. The van der Waals surface area contributed by atoms with E-state index in [4.69, 9.17) is 18.9 Å². The summed E-state index contributed by atoms with van der Waals surface area (Å²) in [6.45, 7) is 3.93. The summed E-state index contributed by atoms with van der Waals surface area (Å²) in [5, 5.41) is 9.83. The molecule has 0 aliphatic carbocycles. The third-order valence-electron chi connectivity index (χ3n) is 6.72. The number of aliphatic carboxylic acids is 1. The van der Waals surface area contributed by atoms with Gasteiger partial charge in [0.1, 0.15) is 17.3 Å². The Kier molecular flexibility index (Phi) is 7.97. The van der Waals surface area contributed by atoms with Crippen molar-refractivity contribution in [2.75, 3.05) is 6.61 Å². The Balaban J connectivity index is 1.19. The highest BCUT2D eigenvalue weighted by molar-refractivity contribution is 5.78. The van der Waals surface area contributed by atoms with Gasteiger partial charge in [0, 0.05) is 18.4 Å². The van der Waals surface area contributed by atoms with Gasteiger partial charge in [0.05, 0.1) is 12.3 Å². The Morgan fingerprint density at radius 3 is 2.17 bits per heavy atom. The van der Waals surface area contributed by atoms with Gasteiger partial charge in [0.25, 0.3) is 0 Å². The Labute approximate surface area is 233 Å². The van der Waals surface area contributed by atoms with Gasteiger partial charge in [0.15, 0.2) is 0 Å². The minimum atomic E-state index is -1.40. The summed E-state index contributed by atoms with van der Waals surface area (Å²) in [6.07, 6.45) is 0.807. The zero-order chi connectivity index (χ0) is 28.0. The van der Waals surface area contributed by atoms with E-state index in [1.807, 2.05) is 79.7 Å². The average molecular weight is 534 g/mol.